The fraction of sp³-hybridized carbons (Fsp3) is 0.333. The number of nitrogens with one attached hydrogen (secondary N) is 1. The molecule has 1 heterocycles. The Hall–Kier alpha value is -0.490. The van der Waals surface area contributed by atoms with Gasteiger partial charge in [0.2, 0.25) is 0 Å². The molecule has 92 valence electrons. The van der Waals surface area contributed by atoms with Gasteiger partial charge < -0.3 is 4.74 Å². The van der Waals surface area contributed by atoms with Gasteiger partial charge in [0.25, 0.3) is 0 Å². The first-order chi connectivity index (χ1) is 8.31. The number of hydrogen-bond donors (Lipinski definition) is 2. The van der Waals surface area contributed by atoms with Crippen LogP contribution in [0.2, 0.25) is 0 Å². The quantitative estimate of drug-likeness (QED) is 0.498. The zero-order valence-corrected chi connectivity index (χ0v) is 11.8. The molecule has 3 N–H and O–H groups in total. The summed E-state index contributed by atoms with van der Waals surface area (Å²) in [6.45, 7) is 0.771. The second-order valence-electron chi connectivity index (χ2n) is 3.70. The van der Waals surface area contributed by atoms with Gasteiger partial charge in [0, 0.05) is 21.5 Å². The summed E-state index contributed by atoms with van der Waals surface area (Å²) in [7, 11) is 0. The second kappa shape index (κ2) is 6.44. The van der Waals surface area contributed by atoms with Gasteiger partial charge in [-0.05, 0) is 34.1 Å². The van der Waals surface area contributed by atoms with Gasteiger partial charge in [-0.2, -0.15) is 0 Å². The lowest BCUT2D eigenvalue weighted by Gasteiger charge is -2.17. The highest BCUT2D eigenvalue weighted by molar-refractivity contribution is 9.10. The Kier molecular flexibility index (Phi) is 4.91. The molecule has 0 aromatic heterocycles. The molecule has 17 heavy (non-hydrogen) atoms. The van der Waals surface area contributed by atoms with E-state index in [4.69, 9.17) is 10.6 Å². The van der Waals surface area contributed by atoms with E-state index in [2.05, 4.69) is 33.5 Å². The first-order valence-corrected chi connectivity index (χ1v) is 7.25. The van der Waals surface area contributed by atoms with Crippen LogP contribution in [0.15, 0.2) is 45.5 Å². The van der Waals surface area contributed by atoms with E-state index >= 15 is 0 Å². The zero-order chi connectivity index (χ0) is 12.1. The maximum atomic E-state index is 5.56. The molecule has 0 aliphatic carbocycles. The van der Waals surface area contributed by atoms with E-state index in [-0.39, 0.29) is 6.04 Å². The standard InChI is InChI=1S/C12H15BrN2OS/c13-9-4-1-2-6-12(9)17-8-10(15-14)11-5-3-7-16-11/h1-2,4-6,10,15H,3,7-8,14H2. The first-order valence-electron chi connectivity index (χ1n) is 5.47. The zero-order valence-electron chi connectivity index (χ0n) is 9.36. The van der Waals surface area contributed by atoms with Crippen LogP contribution in [0.4, 0.5) is 0 Å². The predicted octanol–water partition coefficient (Wildman–Crippen LogP) is 2.68. The average molecular weight is 315 g/mol. The van der Waals surface area contributed by atoms with Crippen molar-refractivity contribution in [3.05, 3.63) is 40.6 Å². The monoisotopic (exact) mass is 314 g/mol. The lowest BCUT2D eigenvalue weighted by Crippen LogP contribution is -2.38. The van der Waals surface area contributed by atoms with Crippen LogP contribution >= 0.6 is 27.7 Å². The predicted molar refractivity (Wildman–Crippen MR) is 74.6 cm³/mol. The van der Waals surface area contributed by atoms with Gasteiger partial charge >= 0.3 is 0 Å². The van der Waals surface area contributed by atoms with Crippen molar-refractivity contribution in [1.82, 2.24) is 5.43 Å². The molecule has 2 rings (SSSR count). The molecule has 0 spiro atoms. The van der Waals surface area contributed by atoms with Gasteiger partial charge in [-0.3, -0.25) is 5.84 Å². The van der Waals surface area contributed by atoms with Crippen LogP contribution in [0.5, 0.6) is 0 Å². The molecule has 3 nitrogen and oxygen atoms in total. The van der Waals surface area contributed by atoms with Crippen molar-refractivity contribution >= 4 is 27.7 Å². The number of halogens is 1. The van der Waals surface area contributed by atoms with Crippen LogP contribution in [-0.2, 0) is 4.74 Å². The van der Waals surface area contributed by atoms with E-state index < -0.39 is 0 Å². The molecule has 1 aliphatic rings. The molecule has 1 unspecified atom stereocenters. The highest BCUT2D eigenvalue weighted by Crippen LogP contribution is 2.28. The number of nitrogens with two attached hydrogens (primary N) is 1. The smallest absolute Gasteiger partial charge is 0.111 e. The first kappa shape index (κ1) is 13.0. The largest absolute Gasteiger partial charge is 0.496 e. The summed E-state index contributed by atoms with van der Waals surface area (Å²) >= 11 is 5.29. The van der Waals surface area contributed by atoms with Crippen LogP contribution in [0, 0.1) is 0 Å². The van der Waals surface area contributed by atoms with Crippen LogP contribution < -0.4 is 11.3 Å². The average Bonchev–Trinajstić information content (AvgIpc) is 2.86. The van der Waals surface area contributed by atoms with E-state index in [9.17, 15) is 0 Å². The maximum Gasteiger partial charge on any atom is 0.111 e. The van der Waals surface area contributed by atoms with Crippen molar-refractivity contribution in [3.8, 4) is 0 Å². The Balaban J connectivity index is 1.94. The molecular weight excluding hydrogens is 300 g/mol. The lowest BCUT2D eigenvalue weighted by molar-refractivity contribution is 0.220. The van der Waals surface area contributed by atoms with E-state index in [0.717, 1.165) is 29.0 Å². The van der Waals surface area contributed by atoms with E-state index in [1.165, 1.54) is 4.90 Å². The molecule has 1 aliphatic heterocycles. The maximum absolute atomic E-state index is 5.56. The Morgan fingerprint density at radius 1 is 1.47 bits per heavy atom. The summed E-state index contributed by atoms with van der Waals surface area (Å²) in [5.41, 5.74) is 2.80. The third kappa shape index (κ3) is 3.48. The van der Waals surface area contributed by atoms with E-state index in [0.29, 0.717) is 0 Å². The number of benzene rings is 1. The molecule has 5 heteroatoms. The SMILES string of the molecule is NNC(CSc1ccccc1Br)C1=CCCO1. The fourth-order valence-electron chi connectivity index (χ4n) is 1.63. The van der Waals surface area contributed by atoms with Gasteiger partial charge in [0.15, 0.2) is 0 Å². The Labute approximate surface area is 114 Å². The molecule has 1 aromatic rings. The molecule has 1 atom stereocenters. The van der Waals surface area contributed by atoms with Crippen molar-refractivity contribution in [2.24, 2.45) is 5.84 Å². The van der Waals surface area contributed by atoms with Crippen molar-refractivity contribution in [3.63, 3.8) is 0 Å². The lowest BCUT2D eigenvalue weighted by atomic mass is 10.3. The van der Waals surface area contributed by atoms with Gasteiger partial charge in [0.05, 0.1) is 12.6 Å². The number of thioether (sulfide) groups is 1. The second-order valence-corrected chi connectivity index (χ2v) is 5.62. The van der Waals surface area contributed by atoms with Gasteiger partial charge in [-0.15, -0.1) is 11.8 Å². The minimum atomic E-state index is 0.0783. The van der Waals surface area contributed by atoms with E-state index in [1.807, 2.05) is 18.2 Å². The van der Waals surface area contributed by atoms with Crippen LogP contribution in [0.3, 0.4) is 0 Å². The summed E-state index contributed by atoms with van der Waals surface area (Å²) in [5, 5.41) is 0. The number of hydrazine groups is 1. The minimum absolute atomic E-state index is 0.0783. The minimum Gasteiger partial charge on any atom is -0.496 e. The van der Waals surface area contributed by atoms with Crippen molar-refractivity contribution in [2.45, 2.75) is 17.4 Å². The fourth-order valence-corrected chi connectivity index (χ4v) is 3.24. The van der Waals surface area contributed by atoms with Crippen LogP contribution in [0.1, 0.15) is 6.42 Å². The highest BCUT2D eigenvalue weighted by atomic mass is 79.9. The summed E-state index contributed by atoms with van der Waals surface area (Å²) in [4.78, 5) is 1.21. The molecular formula is C12H15BrN2OS. The topological polar surface area (TPSA) is 47.3 Å². The highest BCUT2D eigenvalue weighted by Gasteiger charge is 2.17. The van der Waals surface area contributed by atoms with Gasteiger partial charge in [-0.1, -0.05) is 12.1 Å². The van der Waals surface area contributed by atoms with Gasteiger partial charge in [0.1, 0.15) is 5.76 Å². The third-order valence-corrected chi connectivity index (χ3v) is 4.64. The number of ether oxygens (including phenoxy) is 1. The van der Waals surface area contributed by atoms with Crippen molar-refractivity contribution in [1.29, 1.82) is 0 Å². The number of hydrogen-bond acceptors (Lipinski definition) is 4. The molecule has 0 saturated carbocycles. The summed E-state index contributed by atoms with van der Waals surface area (Å²) in [6, 6.07) is 8.25. The Morgan fingerprint density at radius 2 is 2.29 bits per heavy atom. The summed E-state index contributed by atoms with van der Waals surface area (Å²) in [5.74, 6) is 7.38. The summed E-state index contributed by atoms with van der Waals surface area (Å²) < 4.78 is 6.63. The van der Waals surface area contributed by atoms with Crippen LogP contribution in [-0.4, -0.2) is 18.4 Å². The van der Waals surface area contributed by atoms with Crippen molar-refractivity contribution < 1.29 is 4.74 Å². The molecule has 0 bridgehead atoms. The van der Waals surface area contributed by atoms with Crippen molar-refractivity contribution in [2.75, 3.05) is 12.4 Å². The Bertz CT molecular complexity index is 411. The molecule has 0 fully saturated rings. The summed E-state index contributed by atoms with van der Waals surface area (Å²) in [6.07, 6.45) is 3.08. The molecule has 0 saturated heterocycles. The molecule has 0 radical (unpaired) electrons. The van der Waals surface area contributed by atoms with E-state index in [1.54, 1.807) is 11.8 Å². The normalized spacial score (nSPS) is 16.5. The Morgan fingerprint density at radius 3 is 2.94 bits per heavy atom. The molecule has 1 aromatic carbocycles. The molecule has 0 amide bonds. The number of rotatable bonds is 5. The van der Waals surface area contributed by atoms with Crippen LogP contribution in [0.25, 0.3) is 0 Å². The third-order valence-electron chi connectivity index (χ3n) is 2.52. The van der Waals surface area contributed by atoms with Gasteiger partial charge in [-0.25, -0.2) is 5.43 Å².